The Morgan fingerprint density at radius 2 is 2.15 bits per heavy atom. The lowest BCUT2D eigenvalue weighted by Gasteiger charge is -2.12. The van der Waals surface area contributed by atoms with Crippen molar-refractivity contribution in [1.29, 1.82) is 0 Å². The number of halogens is 1. The van der Waals surface area contributed by atoms with Gasteiger partial charge in [-0.25, -0.2) is 0 Å². The van der Waals surface area contributed by atoms with E-state index in [1.165, 1.54) is 17.2 Å². The molecule has 1 heterocycles. The molecule has 0 fully saturated rings. The van der Waals surface area contributed by atoms with Gasteiger partial charge in [0.15, 0.2) is 3.77 Å². The number of aryl methyl sites for hydroxylation is 1. The number of amides is 1. The Kier molecular flexibility index (Phi) is 3.91. The Morgan fingerprint density at radius 3 is 2.95 bits per heavy atom. The fourth-order valence-corrected chi connectivity index (χ4v) is 2.94. The number of hydrogen-bond donors (Lipinski definition) is 1. The van der Waals surface area contributed by atoms with E-state index in [0.29, 0.717) is 5.76 Å². The summed E-state index contributed by atoms with van der Waals surface area (Å²) in [4.78, 5) is 11.9. The monoisotopic (exact) mass is 379 g/mol. The second-order valence-corrected chi connectivity index (χ2v) is 5.84. The first kappa shape index (κ1) is 13.4. The van der Waals surface area contributed by atoms with Crippen molar-refractivity contribution in [2.45, 2.75) is 18.9 Å². The summed E-state index contributed by atoms with van der Waals surface area (Å²) in [5, 5.41) is 3.04. The highest BCUT2D eigenvalue weighted by Gasteiger charge is 2.22. The van der Waals surface area contributed by atoms with Crippen LogP contribution in [0.1, 0.15) is 29.3 Å². The first-order chi connectivity index (χ1) is 9.72. The number of fused-ring (bicyclic) bond motifs is 1. The van der Waals surface area contributed by atoms with Crippen LogP contribution in [-0.4, -0.2) is 5.91 Å². The molecule has 0 saturated carbocycles. The van der Waals surface area contributed by atoms with Crippen molar-refractivity contribution >= 4 is 34.6 Å². The molecular formula is C16H14INO2. The molecule has 20 heavy (non-hydrogen) atoms. The Labute approximate surface area is 131 Å². The normalized spacial score (nSPS) is 17.4. The van der Waals surface area contributed by atoms with E-state index in [1.807, 2.05) is 24.3 Å². The average molecular weight is 379 g/mol. The zero-order valence-electron chi connectivity index (χ0n) is 10.8. The van der Waals surface area contributed by atoms with Gasteiger partial charge in [0.25, 0.3) is 0 Å². The van der Waals surface area contributed by atoms with Crippen molar-refractivity contribution in [3.05, 3.63) is 63.1 Å². The summed E-state index contributed by atoms with van der Waals surface area (Å²) in [5.74, 6) is 0.606. The van der Waals surface area contributed by atoms with Gasteiger partial charge in [0.05, 0.1) is 6.04 Å². The average Bonchev–Trinajstić information content (AvgIpc) is 3.04. The third kappa shape index (κ3) is 2.95. The Morgan fingerprint density at radius 1 is 1.30 bits per heavy atom. The van der Waals surface area contributed by atoms with Gasteiger partial charge < -0.3 is 9.73 Å². The lowest BCUT2D eigenvalue weighted by atomic mass is 10.1. The second-order valence-electron chi connectivity index (χ2n) is 4.77. The third-order valence-corrected chi connectivity index (χ3v) is 4.02. The summed E-state index contributed by atoms with van der Waals surface area (Å²) in [7, 11) is 0. The van der Waals surface area contributed by atoms with Gasteiger partial charge in [-0.3, -0.25) is 4.79 Å². The van der Waals surface area contributed by atoms with Crippen molar-refractivity contribution in [3.63, 3.8) is 0 Å². The molecular weight excluding hydrogens is 365 g/mol. The minimum Gasteiger partial charge on any atom is -0.451 e. The van der Waals surface area contributed by atoms with Gasteiger partial charge in [-0.05, 0) is 64.8 Å². The standard InChI is InChI=1S/C16H14INO2/c17-15-9-6-12(20-15)7-10-16(19)18-14-8-5-11-3-1-2-4-13(11)14/h1-4,6-7,9-10,14H,5,8H2,(H,18,19)/b10-7+. The van der Waals surface area contributed by atoms with Crippen molar-refractivity contribution < 1.29 is 9.21 Å². The highest BCUT2D eigenvalue weighted by Crippen LogP contribution is 2.30. The van der Waals surface area contributed by atoms with Crippen LogP contribution in [0.2, 0.25) is 0 Å². The zero-order chi connectivity index (χ0) is 13.9. The van der Waals surface area contributed by atoms with Gasteiger partial charge in [-0.1, -0.05) is 24.3 Å². The van der Waals surface area contributed by atoms with Crippen molar-refractivity contribution in [3.8, 4) is 0 Å². The predicted octanol–water partition coefficient (Wildman–Crippen LogP) is 3.70. The number of carbonyl (C=O) groups excluding carboxylic acids is 1. The molecule has 1 aliphatic rings. The van der Waals surface area contributed by atoms with Gasteiger partial charge in [0.2, 0.25) is 5.91 Å². The topological polar surface area (TPSA) is 42.2 Å². The van der Waals surface area contributed by atoms with E-state index in [9.17, 15) is 4.79 Å². The first-order valence-corrected chi connectivity index (χ1v) is 7.62. The molecule has 1 amide bonds. The Hall–Kier alpha value is -1.56. The van der Waals surface area contributed by atoms with Crippen molar-refractivity contribution in [2.24, 2.45) is 0 Å². The van der Waals surface area contributed by atoms with E-state index < -0.39 is 0 Å². The van der Waals surface area contributed by atoms with Crippen LogP contribution in [0.25, 0.3) is 6.08 Å². The number of carbonyl (C=O) groups is 1. The summed E-state index contributed by atoms with van der Waals surface area (Å²) < 4.78 is 6.19. The lowest BCUT2D eigenvalue weighted by molar-refractivity contribution is -0.117. The number of hydrogen-bond acceptors (Lipinski definition) is 2. The molecule has 4 heteroatoms. The maximum absolute atomic E-state index is 11.9. The summed E-state index contributed by atoms with van der Waals surface area (Å²) >= 11 is 2.10. The molecule has 1 atom stereocenters. The smallest absolute Gasteiger partial charge is 0.244 e. The van der Waals surface area contributed by atoms with Gasteiger partial charge in [0, 0.05) is 6.08 Å². The maximum atomic E-state index is 11.9. The van der Waals surface area contributed by atoms with Crippen LogP contribution < -0.4 is 5.32 Å². The second kappa shape index (κ2) is 5.83. The van der Waals surface area contributed by atoms with E-state index in [2.05, 4.69) is 40.0 Å². The van der Waals surface area contributed by atoms with Crippen molar-refractivity contribution in [1.82, 2.24) is 5.32 Å². The van der Waals surface area contributed by atoms with Crippen LogP contribution in [0.4, 0.5) is 0 Å². The highest BCUT2D eigenvalue weighted by atomic mass is 127. The van der Waals surface area contributed by atoms with Crippen LogP contribution in [0.5, 0.6) is 0 Å². The summed E-state index contributed by atoms with van der Waals surface area (Å²) in [6.07, 6.45) is 5.22. The molecule has 1 aliphatic carbocycles. The summed E-state index contributed by atoms with van der Waals surface area (Å²) in [6.45, 7) is 0. The van der Waals surface area contributed by atoms with Crippen LogP contribution in [0.3, 0.4) is 0 Å². The summed E-state index contributed by atoms with van der Waals surface area (Å²) in [5.41, 5.74) is 2.57. The Bertz CT molecular complexity index is 660. The number of rotatable bonds is 3. The van der Waals surface area contributed by atoms with Gasteiger partial charge in [0.1, 0.15) is 5.76 Å². The molecule has 1 aromatic heterocycles. The first-order valence-electron chi connectivity index (χ1n) is 6.54. The van der Waals surface area contributed by atoms with Crippen molar-refractivity contribution in [2.75, 3.05) is 0 Å². The van der Waals surface area contributed by atoms with E-state index in [1.54, 1.807) is 6.08 Å². The lowest BCUT2D eigenvalue weighted by Crippen LogP contribution is -2.25. The van der Waals surface area contributed by atoms with Crippen LogP contribution >= 0.6 is 22.6 Å². The van der Waals surface area contributed by atoms with Gasteiger partial charge >= 0.3 is 0 Å². The number of nitrogens with one attached hydrogen (secondary N) is 1. The molecule has 0 saturated heterocycles. The zero-order valence-corrected chi connectivity index (χ0v) is 13.0. The molecule has 3 rings (SSSR count). The number of furan rings is 1. The number of benzene rings is 1. The molecule has 2 aromatic rings. The van der Waals surface area contributed by atoms with E-state index in [-0.39, 0.29) is 11.9 Å². The molecule has 0 radical (unpaired) electrons. The van der Waals surface area contributed by atoms with Gasteiger partial charge in [-0.15, -0.1) is 0 Å². The predicted molar refractivity (Wildman–Crippen MR) is 86.1 cm³/mol. The third-order valence-electron chi connectivity index (χ3n) is 3.44. The molecule has 0 spiro atoms. The fourth-order valence-electron chi connectivity index (χ4n) is 2.50. The molecule has 3 nitrogen and oxygen atoms in total. The van der Waals surface area contributed by atoms with Crippen LogP contribution in [-0.2, 0) is 11.2 Å². The molecule has 0 aliphatic heterocycles. The van der Waals surface area contributed by atoms with Crippen LogP contribution in [0.15, 0.2) is 46.9 Å². The van der Waals surface area contributed by atoms with E-state index >= 15 is 0 Å². The molecule has 102 valence electrons. The van der Waals surface area contributed by atoms with Gasteiger partial charge in [-0.2, -0.15) is 0 Å². The molecule has 1 unspecified atom stereocenters. The molecule has 1 aromatic carbocycles. The maximum Gasteiger partial charge on any atom is 0.244 e. The fraction of sp³-hybridized carbons (Fsp3) is 0.188. The molecule has 0 bridgehead atoms. The Balaban J connectivity index is 1.64. The quantitative estimate of drug-likeness (QED) is 0.653. The highest BCUT2D eigenvalue weighted by molar-refractivity contribution is 14.1. The summed E-state index contributed by atoms with van der Waals surface area (Å²) in [6, 6.07) is 12.1. The SMILES string of the molecule is O=C(/C=C/c1ccc(I)o1)NC1CCc2ccccc21. The van der Waals surface area contributed by atoms with Crippen LogP contribution in [0, 0.1) is 3.77 Å². The largest absolute Gasteiger partial charge is 0.451 e. The van der Waals surface area contributed by atoms with E-state index in [4.69, 9.17) is 4.42 Å². The van der Waals surface area contributed by atoms with E-state index in [0.717, 1.165) is 16.6 Å². The minimum absolute atomic E-state index is 0.0851. The minimum atomic E-state index is -0.0851. The molecule has 1 N–H and O–H groups in total.